The SMILES string of the molecule is CCN1CCN(C(=O)c2cccnc2Cl)CC1. The van der Waals surface area contributed by atoms with Crippen molar-refractivity contribution in [3.8, 4) is 0 Å². The zero-order valence-electron chi connectivity index (χ0n) is 9.90. The molecular formula is C12H16ClN3O. The fourth-order valence-electron chi connectivity index (χ4n) is 1.98. The molecule has 1 saturated heterocycles. The number of carbonyl (C=O) groups is 1. The molecule has 0 spiro atoms. The number of halogens is 1. The van der Waals surface area contributed by atoms with Crippen molar-refractivity contribution < 1.29 is 4.79 Å². The first-order chi connectivity index (χ1) is 8.22. The van der Waals surface area contributed by atoms with E-state index >= 15 is 0 Å². The van der Waals surface area contributed by atoms with Gasteiger partial charge in [0.05, 0.1) is 5.56 Å². The zero-order chi connectivity index (χ0) is 12.3. The van der Waals surface area contributed by atoms with Gasteiger partial charge >= 0.3 is 0 Å². The number of carbonyl (C=O) groups excluding carboxylic acids is 1. The Balaban J connectivity index is 2.04. The lowest BCUT2D eigenvalue weighted by Crippen LogP contribution is -2.48. The molecule has 1 aliphatic rings. The molecule has 0 bridgehead atoms. The average Bonchev–Trinajstić information content (AvgIpc) is 2.39. The van der Waals surface area contributed by atoms with Gasteiger partial charge in [-0.1, -0.05) is 18.5 Å². The van der Waals surface area contributed by atoms with Crippen LogP contribution in [0.2, 0.25) is 5.15 Å². The Morgan fingerprint density at radius 1 is 1.41 bits per heavy atom. The van der Waals surface area contributed by atoms with Gasteiger partial charge in [-0.15, -0.1) is 0 Å². The molecule has 2 heterocycles. The molecule has 1 aliphatic heterocycles. The summed E-state index contributed by atoms with van der Waals surface area (Å²) in [4.78, 5) is 20.3. The van der Waals surface area contributed by atoms with Crippen LogP contribution in [0.15, 0.2) is 18.3 Å². The van der Waals surface area contributed by atoms with E-state index in [-0.39, 0.29) is 11.1 Å². The molecule has 0 saturated carbocycles. The van der Waals surface area contributed by atoms with E-state index in [0.717, 1.165) is 32.7 Å². The second kappa shape index (κ2) is 5.47. The minimum atomic E-state index is -0.0150. The van der Waals surface area contributed by atoms with Crippen LogP contribution in [0.25, 0.3) is 0 Å². The van der Waals surface area contributed by atoms with E-state index in [1.165, 1.54) is 0 Å². The Morgan fingerprint density at radius 3 is 2.71 bits per heavy atom. The lowest BCUT2D eigenvalue weighted by atomic mass is 10.2. The number of pyridine rings is 1. The summed E-state index contributed by atoms with van der Waals surface area (Å²) in [5, 5.41) is 0.287. The van der Waals surface area contributed by atoms with E-state index in [4.69, 9.17) is 11.6 Å². The zero-order valence-corrected chi connectivity index (χ0v) is 10.7. The second-order valence-electron chi connectivity index (χ2n) is 4.07. The standard InChI is InChI=1S/C12H16ClN3O/c1-2-15-6-8-16(9-7-15)12(17)10-4-3-5-14-11(10)13/h3-5H,2,6-9H2,1H3. The molecule has 0 atom stereocenters. The van der Waals surface area contributed by atoms with Crippen molar-refractivity contribution in [3.05, 3.63) is 29.0 Å². The van der Waals surface area contributed by atoms with Gasteiger partial charge in [-0.3, -0.25) is 4.79 Å². The minimum absolute atomic E-state index is 0.0150. The van der Waals surface area contributed by atoms with Gasteiger partial charge in [0, 0.05) is 32.4 Å². The molecule has 92 valence electrons. The quantitative estimate of drug-likeness (QED) is 0.750. The van der Waals surface area contributed by atoms with Crippen LogP contribution in [0, 0.1) is 0 Å². The number of aromatic nitrogens is 1. The van der Waals surface area contributed by atoms with E-state index in [1.54, 1.807) is 18.3 Å². The Bertz CT molecular complexity index is 402. The Morgan fingerprint density at radius 2 is 2.12 bits per heavy atom. The number of rotatable bonds is 2. The first-order valence-electron chi connectivity index (χ1n) is 5.84. The molecule has 4 nitrogen and oxygen atoms in total. The van der Waals surface area contributed by atoms with Gasteiger partial charge < -0.3 is 9.80 Å². The van der Waals surface area contributed by atoms with Crippen molar-refractivity contribution in [1.82, 2.24) is 14.8 Å². The minimum Gasteiger partial charge on any atom is -0.336 e. The summed E-state index contributed by atoms with van der Waals surface area (Å²) in [6.45, 7) is 6.56. The second-order valence-corrected chi connectivity index (χ2v) is 4.43. The van der Waals surface area contributed by atoms with Crippen molar-refractivity contribution in [2.24, 2.45) is 0 Å². The van der Waals surface area contributed by atoms with Gasteiger partial charge in [-0.2, -0.15) is 0 Å². The van der Waals surface area contributed by atoms with Gasteiger partial charge in [-0.05, 0) is 18.7 Å². The maximum atomic E-state index is 12.2. The molecule has 0 radical (unpaired) electrons. The Labute approximate surface area is 106 Å². The lowest BCUT2D eigenvalue weighted by molar-refractivity contribution is 0.0643. The first-order valence-corrected chi connectivity index (χ1v) is 6.22. The molecule has 17 heavy (non-hydrogen) atoms. The van der Waals surface area contributed by atoms with E-state index in [2.05, 4.69) is 16.8 Å². The topological polar surface area (TPSA) is 36.4 Å². The third-order valence-corrected chi connectivity index (χ3v) is 3.40. The predicted octanol–water partition coefficient (Wildman–Crippen LogP) is 1.51. The molecule has 5 heteroatoms. The molecule has 2 rings (SSSR count). The van der Waals surface area contributed by atoms with Gasteiger partial charge in [0.25, 0.3) is 5.91 Å². The number of hydrogen-bond acceptors (Lipinski definition) is 3. The maximum absolute atomic E-state index is 12.2. The van der Waals surface area contributed by atoms with Crippen LogP contribution in [0.1, 0.15) is 17.3 Å². The number of piperazine rings is 1. The molecule has 1 fully saturated rings. The molecule has 0 N–H and O–H groups in total. The summed E-state index contributed by atoms with van der Waals surface area (Å²) < 4.78 is 0. The van der Waals surface area contributed by atoms with Gasteiger partial charge in [0.15, 0.2) is 0 Å². The predicted molar refractivity (Wildman–Crippen MR) is 67.3 cm³/mol. The summed E-state index contributed by atoms with van der Waals surface area (Å²) in [7, 11) is 0. The third kappa shape index (κ3) is 2.76. The number of likely N-dealkylation sites (N-methyl/N-ethyl adjacent to an activating group) is 1. The van der Waals surface area contributed by atoms with Crippen molar-refractivity contribution in [3.63, 3.8) is 0 Å². The smallest absolute Gasteiger partial charge is 0.257 e. The summed E-state index contributed by atoms with van der Waals surface area (Å²) in [6, 6.07) is 3.46. The van der Waals surface area contributed by atoms with Crippen LogP contribution in [-0.4, -0.2) is 53.4 Å². The summed E-state index contributed by atoms with van der Waals surface area (Å²) in [6.07, 6.45) is 1.59. The summed E-state index contributed by atoms with van der Waals surface area (Å²) in [5.41, 5.74) is 0.499. The van der Waals surface area contributed by atoms with Gasteiger partial charge in [0.2, 0.25) is 0 Å². The maximum Gasteiger partial charge on any atom is 0.257 e. The van der Waals surface area contributed by atoms with E-state index in [9.17, 15) is 4.79 Å². The van der Waals surface area contributed by atoms with Gasteiger partial charge in [-0.25, -0.2) is 4.98 Å². The highest BCUT2D eigenvalue weighted by molar-refractivity contribution is 6.32. The molecule has 0 aromatic carbocycles. The number of nitrogens with zero attached hydrogens (tertiary/aromatic N) is 3. The van der Waals surface area contributed by atoms with Crippen LogP contribution >= 0.6 is 11.6 Å². The van der Waals surface area contributed by atoms with Gasteiger partial charge in [0.1, 0.15) is 5.15 Å². The van der Waals surface area contributed by atoms with Crippen LogP contribution < -0.4 is 0 Å². The van der Waals surface area contributed by atoms with E-state index < -0.39 is 0 Å². The van der Waals surface area contributed by atoms with Crippen LogP contribution in [0.3, 0.4) is 0 Å². The van der Waals surface area contributed by atoms with E-state index in [0.29, 0.717) is 5.56 Å². The van der Waals surface area contributed by atoms with Crippen LogP contribution in [-0.2, 0) is 0 Å². The van der Waals surface area contributed by atoms with Crippen molar-refractivity contribution in [1.29, 1.82) is 0 Å². The molecule has 1 aromatic rings. The van der Waals surface area contributed by atoms with Crippen molar-refractivity contribution in [2.45, 2.75) is 6.92 Å². The monoisotopic (exact) mass is 253 g/mol. The highest BCUT2D eigenvalue weighted by atomic mass is 35.5. The van der Waals surface area contributed by atoms with E-state index in [1.807, 2.05) is 4.90 Å². The molecule has 0 aliphatic carbocycles. The third-order valence-electron chi connectivity index (χ3n) is 3.10. The van der Waals surface area contributed by atoms with Crippen LogP contribution in [0.5, 0.6) is 0 Å². The average molecular weight is 254 g/mol. The Kier molecular flexibility index (Phi) is 3.97. The molecule has 1 amide bonds. The Hall–Kier alpha value is -1.13. The first kappa shape index (κ1) is 12.3. The molecule has 1 aromatic heterocycles. The molecular weight excluding hydrogens is 238 g/mol. The number of hydrogen-bond donors (Lipinski definition) is 0. The highest BCUT2D eigenvalue weighted by Crippen LogP contribution is 2.15. The summed E-state index contributed by atoms with van der Waals surface area (Å²) in [5.74, 6) is -0.0150. The number of amides is 1. The van der Waals surface area contributed by atoms with Crippen LogP contribution in [0.4, 0.5) is 0 Å². The fraction of sp³-hybridized carbons (Fsp3) is 0.500. The summed E-state index contributed by atoms with van der Waals surface area (Å²) >= 11 is 5.93. The lowest BCUT2D eigenvalue weighted by Gasteiger charge is -2.34. The largest absolute Gasteiger partial charge is 0.336 e. The van der Waals surface area contributed by atoms with Crippen molar-refractivity contribution in [2.75, 3.05) is 32.7 Å². The molecule has 0 unspecified atom stereocenters. The normalized spacial score (nSPS) is 17.2. The fourth-order valence-corrected chi connectivity index (χ4v) is 2.18. The van der Waals surface area contributed by atoms with Crippen molar-refractivity contribution >= 4 is 17.5 Å². The highest BCUT2D eigenvalue weighted by Gasteiger charge is 2.22.